The summed E-state index contributed by atoms with van der Waals surface area (Å²) in [4.78, 5) is 0. The summed E-state index contributed by atoms with van der Waals surface area (Å²) in [5.74, 6) is 7.56. The van der Waals surface area contributed by atoms with Gasteiger partial charge < -0.3 is 5.32 Å². The lowest BCUT2D eigenvalue weighted by molar-refractivity contribution is 0.538. The Labute approximate surface area is 83.3 Å². The number of rotatable bonds is 5. The summed E-state index contributed by atoms with van der Waals surface area (Å²) in [6.45, 7) is 10.7. The van der Waals surface area contributed by atoms with Gasteiger partial charge in [-0.25, -0.2) is 0 Å². The second-order valence-electron chi connectivity index (χ2n) is 4.19. The number of hydrogen-bond acceptors (Lipinski definition) is 1. The molecule has 0 fully saturated rings. The molecule has 0 rings (SSSR count). The lowest BCUT2D eigenvalue weighted by Gasteiger charge is -2.03. The van der Waals surface area contributed by atoms with E-state index in [1.54, 1.807) is 0 Å². The fraction of sp³-hybridized carbons (Fsp3) is 0.833. The molecule has 13 heavy (non-hydrogen) atoms. The zero-order valence-corrected chi connectivity index (χ0v) is 9.48. The predicted molar refractivity (Wildman–Crippen MR) is 59.6 cm³/mol. The monoisotopic (exact) mass is 181 g/mol. The minimum absolute atomic E-state index is 0.498. The first-order chi connectivity index (χ1) is 6.13. The molecule has 0 saturated carbocycles. The van der Waals surface area contributed by atoms with Crippen molar-refractivity contribution in [2.45, 2.75) is 40.5 Å². The van der Waals surface area contributed by atoms with E-state index in [1.807, 2.05) is 0 Å². The summed E-state index contributed by atoms with van der Waals surface area (Å²) >= 11 is 0. The van der Waals surface area contributed by atoms with Crippen molar-refractivity contribution in [1.29, 1.82) is 0 Å². The van der Waals surface area contributed by atoms with Crippen LogP contribution < -0.4 is 5.32 Å². The van der Waals surface area contributed by atoms with Crippen LogP contribution in [0.25, 0.3) is 0 Å². The Morgan fingerprint density at radius 1 is 1.15 bits per heavy atom. The lowest BCUT2D eigenvalue weighted by Crippen LogP contribution is -2.15. The van der Waals surface area contributed by atoms with Crippen LogP contribution in [-0.2, 0) is 0 Å². The maximum Gasteiger partial charge on any atom is 0.0576 e. The molecule has 76 valence electrons. The third-order valence-electron chi connectivity index (χ3n) is 1.74. The van der Waals surface area contributed by atoms with E-state index in [-0.39, 0.29) is 0 Å². The highest BCUT2D eigenvalue weighted by atomic mass is 14.8. The molecule has 0 radical (unpaired) electrons. The molecule has 0 aliphatic heterocycles. The summed E-state index contributed by atoms with van der Waals surface area (Å²) in [6, 6.07) is 0. The van der Waals surface area contributed by atoms with Crippen molar-refractivity contribution in [1.82, 2.24) is 5.32 Å². The summed E-state index contributed by atoms with van der Waals surface area (Å²) in [7, 11) is 0. The molecular formula is C12H23N. The van der Waals surface area contributed by atoms with Crippen molar-refractivity contribution in [3.05, 3.63) is 0 Å². The standard InChI is InChI=1S/C12H23N/c1-11(2)7-5-9-13-10-6-8-12(3)4/h11-13H,5,7,9-10H2,1-4H3. The highest BCUT2D eigenvalue weighted by Crippen LogP contribution is 2.01. The van der Waals surface area contributed by atoms with Gasteiger partial charge in [0.25, 0.3) is 0 Å². The van der Waals surface area contributed by atoms with Gasteiger partial charge in [0.1, 0.15) is 0 Å². The number of hydrogen-bond donors (Lipinski definition) is 1. The van der Waals surface area contributed by atoms with E-state index in [1.165, 1.54) is 12.8 Å². The van der Waals surface area contributed by atoms with Crippen LogP contribution in [0.2, 0.25) is 0 Å². The fourth-order valence-corrected chi connectivity index (χ4v) is 1.04. The Kier molecular flexibility index (Phi) is 7.83. The zero-order chi connectivity index (χ0) is 10.1. The highest BCUT2D eigenvalue weighted by Gasteiger charge is 1.92. The molecule has 0 bridgehead atoms. The van der Waals surface area contributed by atoms with E-state index in [0.717, 1.165) is 19.0 Å². The van der Waals surface area contributed by atoms with Crippen molar-refractivity contribution < 1.29 is 0 Å². The SMILES string of the molecule is CC(C)C#CCNCCCC(C)C. The quantitative estimate of drug-likeness (QED) is 0.508. The van der Waals surface area contributed by atoms with Gasteiger partial charge in [-0.05, 0) is 25.3 Å². The number of nitrogens with one attached hydrogen (secondary N) is 1. The highest BCUT2D eigenvalue weighted by molar-refractivity contribution is 5.02. The minimum atomic E-state index is 0.498. The normalized spacial score (nSPS) is 10.3. The van der Waals surface area contributed by atoms with Crippen LogP contribution in [0.5, 0.6) is 0 Å². The first-order valence-electron chi connectivity index (χ1n) is 5.32. The van der Waals surface area contributed by atoms with Gasteiger partial charge in [0.15, 0.2) is 0 Å². The van der Waals surface area contributed by atoms with E-state index in [0.29, 0.717) is 5.92 Å². The topological polar surface area (TPSA) is 12.0 Å². The maximum absolute atomic E-state index is 3.32. The second-order valence-corrected chi connectivity index (χ2v) is 4.19. The van der Waals surface area contributed by atoms with E-state index in [4.69, 9.17) is 0 Å². The first kappa shape index (κ1) is 12.5. The predicted octanol–water partition coefficient (Wildman–Crippen LogP) is 2.67. The van der Waals surface area contributed by atoms with Gasteiger partial charge in [0.2, 0.25) is 0 Å². The Bertz CT molecular complexity index is 160. The summed E-state index contributed by atoms with van der Waals surface area (Å²) in [5, 5.41) is 3.32. The van der Waals surface area contributed by atoms with Crippen LogP contribution in [0.4, 0.5) is 0 Å². The third kappa shape index (κ3) is 11.5. The molecule has 0 heterocycles. The summed E-state index contributed by atoms with van der Waals surface area (Å²) in [5.41, 5.74) is 0. The van der Waals surface area contributed by atoms with Gasteiger partial charge in [-0.15, -0.1) is 0 Å². The van der Waals surface area contributed by atoms with Crippen molar-refractivity contribution >= 4 is 0 Å². The van der Waals surface area contributed by atoms with Gasteiger partial charge in [-0.3, -0.25) is 0 Å². The van der Waals surface area contributed by atoms with E-state index >= 15 is 0 Å². The largest absolute Gasteiger partial charge is 0.306 e. The Balaban J connectivity index is 3.14. The Hall–Kier alpha value is -0.480. The first-order valence-corrected chi connectivity index (χ1v) is 5.32. The van der Waals surface area contributed by atoms with E-state index in [9.17, 15) is 0 Å². The molecule has 0 atom stereocenters. The molecule has 0 aromatic carbocycles. The van der Waals surface area contributed by atoms with Crippen molar-refractivity contribution in [3.8, 4) is 11.8 Å². The van der Waals surface area contributed by atoms with Crippen LogP contribution in [0.15, 0.2) is 0 Å². The van der Waals surface area contributed by atoms with Gasteiger partial charge in [-0.1, -0.05) is 39.5 Å². The molecule has 0 spiro atoms. The van der Waals surface area contributed by atoms with Gasteiger partial charge in [-0.2, -0.15) is 0 Å². The molecule has 0 unspecified atom stereocenters. The third-order valence-corrected chi connectivity index (χ3v) is 1.74. The lowest BCUT2D eigenvalue weighted by atomic mass is 10.1. The van der Waals surface area contributed by atoms with Crippen LogP contribution in [0.3, 0.4) is 0 Å². The summed E-state index contributed by atoms with van der Waals surface area (Å²) < 4.78 is 0. The Morgan fingerprint density at radius 3 is 2.38 bits per heavy atom. The molecule has 1 nitrogen and oxygen atoms in total. The van der Waals surface area contributed by atoms with Crippen molar-refractivity contribution in [3.63, 3.8) is 0 Å². The van der Waals surface area contributed by atoms with Crippen LogP contribution >= 0.6 is 0 Å². The van der Waals surface area contributed by atoms with Crippen LogP contribution in [-0.4, -0.2) is 13.1 Å². The van der Waals surface area contributed by atoms with Gasteiger partial charge in [0.05, 0.1) is 6.54 Å². The second kappa shape index (κ2) is 8.13. The van der Waals surface area contributed by atoms with Crippen LogP contribution in [0, 0.1) is 23.7 Å². The molecule has 0 aromatic rings. The molecule has 0 amide bonds. The molecule has 0 saturated heterocycles. The molecule has 0 aromatic heterocycles. The molecule has 1 heteroatoms. The average molecular weight is 181 g/mol. The van der Waals surface area contributed by atoms with E-state index in [2.05, 4.69) is 44.9 Å². The Morgan fingerprint density at radius 2 is 1.85 bits per heavy atom. The average Bonchev–Trinajstić information content (AvgIpc) is 2.01. The van der Waals surface area contributed by atoms with Crippen molar-refractivity contribution in [2.24, 2.45) is 11.8 Å². The van der Waals surface area contributed by atoms with E-state index < -0.39 is 0 Å². The zero-order valence-electron chi connectivity index (χ0n) is 9.48. The van der Waals surface area contributed by atoms with Crippen molar-refractivity contribution in [2.75, 3.05) is 13.1 Å². The molecule has 0 aliphatic rings. The smallest absolute Gasteiger partial charge is 0.0576 e. The molecular weight excluding hydrogens is 158 g/mol. The van der Waals surface area contributed by atoms with Gasteiger partial charge >= 0.3 is 0 Å². The summed E-state index contributed by atoms with van der Waals surface area (Å²) in [6.07, 6.45) is 2.58. The molecule has 1 N–H and O–H groups in total. The minimum Gasteiger partial charge on any atom is -0.306 e. The maximum atomic E-state index is 3.32. The molecule has 0 aliphatic carbocycles. The van der Waals surface area contributed by atoms with Gasteiger partial charge in [0, 0.05) is 5.92 Å². The fourth-order valence-electron chi connectivity index (χ4n) is 1.04. The van der Waals surface area contributed by atoms with Crippen LogP contribution in [0.1, 0.15) is 40.5 Å².